The summed E-state index contributed by atoms with van der Waals surface area (Å²) in [5.41, 5.74) is 0. The SMILES string of the molecule is CCCN1CCOC(C(Cc2ncnn2CC)NC)C1. The van der Waals surface area contributed by atoms with Gasteiger partial charge in [0.25, 0.3) is 0 Å². The number of nitrogens with one attached hydrogen (secondary N) is 1. The normalized spacial score (nSPS) is 22.1. The number of likely N-dealkylation sites (N-methyl/N-ethyl adjacent to an activating group) is 1. The average molecular weight is 281 g/mol. The average Bonchev–Trinajstić information content (AvgIpc) is 2.92. The molecular weight excluding hydrogens is 254 g/mol. The first-order valence-electron chi connectivity index (χ1n) is 7.66. The van der Waals surface area contributed by atoms with Gasteiger partial charge in [-0.2, -0.15) is 5.10 Å². The molecule has 2 rings (SSSR count). The Morgan fingerprint density at radius 3 is 3.05 bits per heavy atom. The van der Waals surface area contributed by atoms with E-state index in [4.69, 9.17) is 4.74 Å². The zero-order valence-corrected chi connectivity index (χ0v) is 12.9. The van der Waals surface area contributed by atoms with Crippen LogP contribution in [0.3, 0.4) is 0 Å². The van der Waals surface area contributed by atoms with Gasteiger partial charge in [0, 0.05) is 32.1 Å². The van der Waals surface area contributed by atoms with Crippen molar-refractivity contribution in [3.05, 3.63) is 12.2 Å². The van der Waals surface area contributed by atoms with Crippen LogP contribution < -0.4 is 5.32 Å². The smallest absolute Gasteiger partial charge is 0.138 e. The fourth-order valence-electron chi connectivity index (χ4n) is 2.82. The highest BCUT2D eigenvalue weighted by Gasteiger charge is 2.28. The second-order valence-corrected chi connectivity index (χ2v) is 5.30. The van der Waals surface area contributed by atoms with Gasteiger partial charge in [-0.15, -0.1) is 0 Å². The number of ether oxygens (including phenoxy) is 1. The first-order valence-corrected chi connectivity index (χ1v) is 7.66. The number of hydrogen-bond donors (Lipinski definition) is 1. The Bertz CT molecular complexity index is 393. The molecule has 114 valence electrons. The van der Waals surface area contributed by atoms with Crippen LogP contribution in [0.1, 0.15) is 26.1 Å². The van der Waals surface area contributed by atoms with Crippen LogP contribution in [0.25, 0.3) is 0 Å². The molecule has 2 heterocycles. The van der Waals surface area contributed by atoms with Crippen LogP contribution in [0.4, 0.5) is 0 Å². The molecule has 0 amide bonds. The lowest BCUT2D eigenvalue weighted by Gasteiger charge is -2.36. The van der Waals surface area contributed by atoms with Crippen molar-refractivity contribution in [2.45, 2.75) is 45.4 Å². The first-order chi connectivity index (χ1) is 9.78. The fraction of sp³-hybridized carbons (Fsp3) is 0.857. The molecule has 2 unspecified atom stereocenters. The Balaban J connectivity index is 1.97. The van der Waals surface area contributed by atoms with Crippen molar-refractivity contribution in [3.63, 3.8) is 0 Å². The fourth-order valence-corrected chi connectivity index (χ4v) is 2.82. The van der Waals surface area contributed by atoms with Crippen molar-refractivity contribution >= 4 is 0 Å². The molecule has 1 aliphatic heterocycles. The molecule has 6 heteroatoms. The molecule has 1 aliphatic rings. The van der Waals surface area contributed by atoms with Gasteiger partial charge in [-0.05, 0) is 26.9 Å². The Kier molecular flexibility index (Phi) is 5.94. The zero-order chi connectivity index (χ0) is 14.4. The van der Waals surface area contributed by atoms with E-state index in [1.54, 1.807) is 6.33 Å². The lowest BCUT2D eigenvalue weighted by atomic mass is 10.1. The lowest BCUT2D eigenvalue weighted by Crippen LogP contribution is -2.52. The number of hydrogen-bond acceptors (Lipinski definition) is 5. The van der Waals surface area contributed by atoms with Crippen molar-refractivity contribution in [1.29, 1.82) is 0 Å². The maximum Gasteiger partial charge on any atom is 0.138 e. The summed E-state index contributed by atoms with van der Waals surface area (Å²) in [4.78, 5) is 6.86. The summed E-state index contributed by atoms with van der Waals surface area (Å²) in [5, 5.41) is 7.63. The van der Waals surface area contributed by atoms with Crippen LogP contribution >= 0.6 is 0 Å². The lowest BCUT2D eigenvalue weighted by molar-refractivity contribution is -0.0454. The third-order valence-electron chi connectivity index (χ3n) is 3.93. The minimum absolute atomic E-state index is 0.224. The van der Waals surface area contributed by atoms with Crippen LogP contribution in [0.15, 0.2) is 6.33 Å². The van der Waals surface area contributed by atoms with Gasteiger partial charge in [0.1, 0.15) is 12.2 Å². The molecule has 1 N–H and O–H groups in total. The number of aromatic nitrogens is 3. The third-order valence-corrected chi connectivity index (χ3v) is 3.93. The predicted molar refractivity (Wildman–Crippen MR) is 78.7 cm³/mol. The van der Waals surface area contributed by atoms with E-state index >= 15 is 0 Å². The molecule has 0 saturated carbocycles. The highest BCUT2D eigenvalue weighted by molar-refractivity contribution is 4.94. The Hall–Kier alpha value is -0.980. The third kappa shape index (κ3) is 3.77. The summed E-state index contributed by atoms with van der Waals surface area (Å²) in [6, 6.07) is 0.282. The molecule has 1 aromatic rings. The second-order valence-electron chi connectivity index (χ2n) is 5.30. The summed E-state index contributed by atoms with van der Waals surface area (Å²) in [6.07, 6.45) is 3.91. The molecule has 1 fully saturated rings. The predicted octanol–water partition coefficient (Wildman–Crippen LogP) is 0.539. The standard InChI is InChI=1S/C14H27N5O/c1-4-6-18-7-8-20-13(10-18)12(15-3)9-14-16-11-17-19(14)5-2/h11-13,15H,4-10H2,1-3H3. The molecule has 1 aromatic heterocycles. The monoisotopic (exact) mass is 281 g/mol. The van der Waals surface area contributed by atoms with Crippen molar-refractivity contribution in [1.82, 2.24) is 25.0 Å². The minimum atomic E-state index is 0.224. The van der Waals surface area contributed by atoms with Crippen molar-refractivity contribution in [2.75, 3.05) is 33.3 Å². The van der Waals surface area contributed by atoms with Crippen molar-refractivity contribution < 1.29 is 4.74 Å². The Labute approximate surface area is 121 Å². The van der Waals surface area contributed by atoms with Gasteiger partial charge >= 0.3 is 0 Å². The summed E-state index contributed by atoms with van der Waals surface area (Å²) < 4.78 is 7.92. The Morgan fingerprint density at radius 1 is 1.50 bits per heavy atom. The van der Waals surface area contributed by atoms with Crippen LogP contribution in [0, 0.1) is 0 Å². The van der Waals surface area contributed by atoms with Crippen LogP contribution in [0.2, 0.25) is 0 Å². The van der Waals surface area contributed by atoms with E-state index in [9.17, 15) is 0 Å². The van der Waals surface area contributed by atoms with E-state index in [-0.39, 0.29) is 12.1 Å². The maximum absolute atomic E-state index is 5.97. The molecule has 0 spiro atoms. The van der Waals surface area contributed by atoms with Crippen LogP contribution in [-0.2, 0) is 17.7 Å². The highest BCUT2D eigenvalue weighted by atomic mass is 16.5. The van der Waals surface area contributed by atoms with E-state index < -0.39 is 0 Å². The molecule has 1 saturated heterocycles. The van der Waals surface area contributed by atoms with Crippen molar-refractivity contribution in [3.8, 4) is 0 Å². The molecule has 0 aliphatic carbocycles. The number of rotatable bonds is 7. The maximum atomic E-state index is 5.97. The number of nitrogens with zero attached hydrogens (tertiary/aromatic N) is 4. The van der Waals surface area contributed by atoms with E-state index in [1.807, 2.05) is 11.7 Å². The molecule has 2 atom stereocenters. The Morgan fingerprint density at radius 2 is 2.35 bits per heavy atom. The van der Waals surface area contributed by atoms with E-state index in [0.717, 1.165) is 45.0 Å². The first kappa shape index (κ1) is 15.4. The highest BCUT2D eigenvalue weighted by Crippen LogP contribution is 2.13. The van der Waals surface area contributed by atoms with Gasteiger partial charge in [0.05, 0.1) is 12.7 Å². The molecule has 6 nitrogen and oxygen atoms in total. The number of morpholine rings is 1. The summed E-state index contributed by atoms with van der Waals surface area (Å²) in [6.45, 7) is 9.20. The topological polar surface area (TPSA) is 55.2 Å². The van der Waals surface area contributed by atoms with E-state index in [2.05, 4.69) is 34.1 Å². The van der Waals surface area contributed by atoms with Gasteiger partial charge in [-0.3, -0.25) is 9.58 Å². The van der Waals surface area contributed by atoms with Gasteiger partial charge in [-0.25, -0.2) is 4.98 Å². The van der Waals surface area contributed by atoms with Gasteiger partial charge < -0.3 is 10.1 Å². The summed E-state index contributed by atoms with van der Waals surface area (Å²) >= 11 is 0. The molecule has 0 bridgehead atoms. The second kappa shape index (κ2) is 7.71. The van der Waals surface area contributed by atoms with E-state index in [0.29, 0.717) is 0 Å². The molecule has 0 aromatic carbocycles. The van der Waals surface area contributed by atoms with E-state index in [1.165, 1.54) is 6.42 Å². The summed E-state index contributed by atoms with van der Waals surface area (Å²) in [5.74, 6) is 1.03. The minimum Gasteiger partial charge on any atom is -0.374 e. The molecular formula is C14H27N5O. The van der Waals surface area contributed by atoms with Gasteiger partial charge in [0.15, 0.2) is 0 Å². The van der Waals surface area contributed by atoms with Crippen LogP contribution in [0.5, 0.6) is 0 Å². The quantitative estimate of drug-likeness (QED) is 0.790. The zero-order valence-electron chi connectivity index (χ0n) is 12.9. The number of aryl methyl sites for hydroxylation is 1. The molecule has 0 radical (unpaired) electrons. The summed E-state index contributed by atoms with van der Waals surface area (Å²) in [7, 11) is 2.00. The molecule has 20 heavy (non-hydrogen) atoms. The van der Waals surface area contributed by atoms with Crippen LogP contribution in [-0.4, -0.2) is 65.1 Å². The van der Waals surface area contributed by atoms with Gasteiger partial charge in [-0.1, -0.05) is 6.92 Å². The van der Waals surface area contributed by atoms with Crippen molar-refractivity contribution in [2.24, 2.45) is 0 Å². The largest absolute Gasteiger partial charge is 0.374 e. The van der Waals surface area contributed by atoms with Gasteiger partial charge in [0.2, 0.25) is 0 Å².